The van der Waals surface area contributed by atoms with E-state index in [1.54, 1.807) is 0 Å². The van der Waals surface area contributed by atoms with Gasteiger partial charge >= 0.3 is 0 Å². The molecule has 86 valence electrons. The molecule has 2 heteroatoms. The standard InChI is InChI=1S/C13H23NO/c1-2-3-5-8-12(15)13(11-14)9-6-4-7-10-13/h2H,1,3-11,14H2. The molecule has 2 N–H and O–H groups in total. The van der Waals surface area contributed by atoms with Crippen molar-refractivity contribution in [2.24, 2.45) is 11.1 Å². The molecular weight excluding hydrogens is 186 g/mol. The predicted octanol–water partition coefficient (Wildman–Crippen LogP) is 2.82. The highest BCUT2D eigenvalue weighted by Crippen LogP contribution is 2.37. The number of carbonyl (C=O) groups excluding carboxylic acids is 1. The van der Waals surface area contributed by atoms with Gasteiger partial charge in [-0.05, 0) is 25.7 Å². The van der Waals surface area contributed by atoms with Crippen LogP contribution in [0.4, 0.5) is 0 Å². The number of Topliss-reactive ketones (excluding diaryl/α,β-unsaturated/α-hetero) is 1. The van der Waals surface area contributed by atoms with Gasteiger partial charge in [-0.3, -0.25) is 4.79 Å². The van der Waals surface area contributed by atoms with Gasteiger partial charge in [-0.1, -0.05) is 25.3 Å². The van der Waals surface area contributed by atoms with Gasteiger partial charge in [0.15, 0.2) is 0 Å². The number of hydrogen-bond acceptors (Lipinski definition) is 2. The van der Waals surface area contributed by atoms with E-state index in [1.165, 1.54) is 19.3 Å². The van der Waals surface area contributed by atoms with E-state index in [0.29, 0.717) is 18.7 Å². The van der Waals surface area contributed by atoms with Crippen molar-refractivity contribution in [2.45, 2.75) is 51.4 Å². The Kier molecular flexibility index (Phi) is 5.03. The Hall–Kier alpha value is -0.630. The zero-order valence-corrected chi connectivity index (χ0v) is 9.63. The van der Waals surface area contributed by atoms with Crippen LogP contribution in [0.15, 0.2) is 12.7 Å². The second-order valence-electron chi connectivity index (χ2n) is 4.65. The molecule has 1 aliphatic carbocycles. The summed E-state index contributed by atoms with van der Waals surface area (Å²) < 4.78 is 0. The van der Waals surface area contributed by atoms with Crippen molar-refractivity contribution < 1.29 is 4.79 Å². The third-order valence-corrected chi connectivity index (χ3v) is 3.60. The fourth-order valence-electron chi connectivity index (χ4n) is 2.50. The quantitative estimate of drug-likeness (QED) is 0.540. The summed E-state index contributed by atoms with van der Waals surface area (Å²) >= 11 is 0. The molecule has 1 fully saturated rings. The van der Waals surface area contributed by atoms with Crippen LogP contribution in [-0.4, -0.2) is 12.3 Å². The number of carbonyl (C=O) groups is 1. The van der Waals surface area contributed by atoms with Crippen molar-refractivity contribution in [3.8, 4) is 0 Å². The molecule has 1 rings (SSSR count). The first-order chi connectivity index (χ1) is 7.25. The molecule has 0 aromatic rings. The molecule has 0 heterocycles. The minimum absolute atomic E-state index is 0.167. The number of hydrogen-bond donors (Lipinski definition) is 1. The Bertz CT molecular complexity index is 217. The van der Waals surface area contributed by atoms with Gasteiger partial charge in [-0.2, -0.15) is 0 Å². The largest absolute Gasteiger partial charge is 0.329 e. The maximum Gasteiger partial charge on any atom is 0.140 e. The first kappa shape index (κ1) is 12.4. The third kappa shape index (κ3) is 3.16. The maximum absolute atomic E-state index is 12.1. The van der Waals surface area contributed by atoms with Gasteiger partial charge in [-0.15, -0.1) is 6.58 Å². The third-order valence-electron chi connectivity index (χ3n) is 3.60. The molecule has 0 spiro atoms. The van der Waals surface area contributed by atoms with E-state index < -0.39 is 0 Å². The van der Waals surface area contributed by atoms with Gasteiger partial charge in [0.25, 0.3) is 0 Å². The monoisotopic (exact) mass is 209 g/mol. The summed E-state index contributed by atoms with van der Waals surface area (Å²) in [4.78, 5) is 12.1. The van der Waals surface area contributed by atoms with Crippen LogP contribution in [0.1, 0.15) is 51.4 Å². The molecule has 2 nitrogen and oxygen atoms in total. The number of allylic oxidation sites excluding steroid dienone is 1. The summed E-state index contributed by atoms with van der Waals surface area (Å²) in [5, 5.41) is 0. The summed E-state index contributed by atoms with van der Waals surface area (Å²) in [6, 6.07) is 0. The summed E-state index contributed by atoms with van der Waals surface area (Å²) in [5.41, 5.74) is 5.64. The Morgan fingerprint density at radius 3 is 2.53 bits per heavy atom. The van der Waals surface area contributed by atoms with E-state index in [4.69, 9.17) is 5.73 Å². The average Bonchev–Trinajstić information content (AvgIpc) is 2.30. The van der Waals surface area contributed by atoms with Crippen molar-refractivity contribution in [3.63, 3.8) is 0 Å². The molecular formula is C13H23NO. The fraction of sp³-hybridized carbons (Fsp3) is 0.769. The van der Waals surface area contributed by atoms with E-state index in [0.717, 1.165) is 25.7 Å². The average molecular weight is 209 g/mol. The number of unbranched alkanes of at least 4 members (excludes halogenated alkanes) is 1. The Balaban J connectivity index is 2.48. The second-order valence-corrected chi connectivity index (χ2v) is 4.65. The molecule has 0 aromatic carbocycles. The van der Waals surface area contributed by atoms with Crippen molar-refractivity contribution in [1.29, 1.82) is 0 Å². The zero-order chi connectivity index (χ0) is 11.1. The molecule has 0 amide bonds. The van der Waals surface area contributed by atoms with E-state index in [9.17, 15) is 4.79 Å². The van der Waals surface area contributed by atoms with E-state index in [1.807, 2.05) is 6.08 Å². The van der Waals surface area contributed by atoms with Crippen LogP contribution in [0.25, 0.3) is 0 Å². The highest BCUT2D eigenvalue weighted by Gasteiger charge is 2.36. The number of nitrogens with two attached hydrogens (primary N) is 1. The van der Waals surface area contributed by atoms with Gasteiger partial charge < -0.3 is 5.73 Å². The van der Waals surface area contributed by atoms with Crippen LogP contribution in [0.3, 0.4) is 0 Å². The SMILES string of the molecule is C=CCCCC(=O)C1(CN)CCCCC1. The smallest absolute Gasteiger partial charge is 0.140 e. The van der Waals surface area contributed by atoms with E-state index in [-0.39, 0.29) is 5.41 Å². The number of ketones is 1. The topological polar surface area (TPSA) is 43.1 Å². The van der Waals surface area contributed by atoms with Crippen molar-refractivity contribution >= 4 is 5.78 Å². The Labute approximate surface area is 92.9 Å². The van der Waals surface area contributed by atoms with Gasteiger partial charge in [-0.25, -0.2) is 0 Å². The van der Waals surface area contributed by atoms with Crippen LogP contribution in [0, 0.1) is 5.41 Å². The van der Waals surface area contributed by atoms with E-state index in [2.05, 4.69) is 6.58 Å². The fourth-order valence-corrected chi connectivity index (χ4v) is 2.50. The second kappa shape index (κ2) is 6.06. The zero-order valence-electron chi connectivity index (χ0n) is 9.63. The lowest BCUT2D eigenvalue weighted by atomic mass is 9.70. The number of rotatable bonds is 6. The van der Waals surface area contributed by atoms with Crippen LogP contribution in [-0.2, 0) is 4.79 Å². The molecule has 1 saturated carbocycles. The molecule has 1 aliphatic rings. The van der Waals surface area contributed by atoms with Crippen molar-refractivity contribution in [3.05, 3.63) is 12.7 Å². The summed E-state index contributed by atoms with van der Waals surface area (Å²) in [7, 11) is 0. The van der Waals surface area contributed by atoms with Gasteiger partial charge in [0.2, 0.25) is 0 Å². The van der Waals surface area contributed by atoms with Gasteiger partial charge in [0.1, 0.15) is 5.78 Å². The molecule has 0 atom stereocenters. The minimum atomic E-state index is -0.167. The molecule has 0 radical (unpaired) electrons. The normalized spacial score (nSPS) is 19.8. The maximum atomic E-state index is 12.1. The first-order valence-electron chi connectivity index (χ1n) is 6.09. The lowest BCUT2D eigenvalue weighted by Crippen LogP contribution is -2.40. The summed E-state index contributed by atoms with van der Waals surface area (Å²) in [5.74, 6) is 0.395. The summed E-state index contributed by atoms with van der Waals surface area (Å²) in [6.07, 6.45) is 10.1. The molecule has 0 aliphatic heterocycles. The Morgan fingerprint density at radius 2 is 2.00 bits per heavy atom. The van der Waals surface area contributed by atoms with Crippen LogP contribution in [0.2, 0.25) is 0 Å². The molecule has 0 bridgehead atoms. The minimum Gasteiger partial charge on any atom is -0.329 e. The van der Waals surface area contributed by atoms with Crippen LogP contribution < -0.4 is 5.73 Å². The first-order valence-corrected chi connectivity index (χ1v) is 6.09. The highest BCUT2D eigenvalue weighted by atomic mass is 16.1. The lowest BCUT2D eigenvalue weighted by Gasteiger charge is -2.34. The van der Waals surface area contributed by atoms with Gasteiger partial charge in [0.05, 0.1) is 0 Å². The molecule has 0 aromatic heterocycles. The molecule has 0 unspecified atom stereocenters. The van der Waals surface area contributed by atoms with Crippen molar-refractivity contribution in [2.75, 3.05) is 6.54 Å². The predicted molar refractivity (Wildman–Crippen MR) is 63.6 cm³/mol. The molecule has 15 heavy (non-hydrogen) atoms. The summed E-state index contributed by atoms with van der Waals surface area (Å²) in [6.45, 7) is 4.21. The van der Waals surface area contributed by atoms with Crippen molar-refractivity contribution in [1.82, 2.24) is 0 Å². The van der Waals surface area contributed by atoms with Gasteiger partial charge in [0, 0.05) is 18.4 Å². The molecule has 0 saturated heterocycles. The van der Waals surface area contributed by atoms with Crippen LogP contribution in [0.5, 0.6) is 0 Å². The highest BCUT2D eigenvalue weighted by molar-refractivity contribution is 5.85. The van der Waals surface area contributed by atoms with E-state index >= 15 is 0 Å². The van der Waals surface area contributed by atoms with Crippen LogP contribution >= 0.6 is 0 Å². The lowest BCUT2D eigenvalue weighted by molar-refractivity contribution is -0.130. The Morgan fingerprint density at radius 1 is 1.33 bits per heavy atom.